The molecule has 1 aromatic rings. The summed E-state index contributed by atoms with van der Waals surface area (Å²) < 4.78 is 1.35. The van der Waals surface area contributed by atoms with Crippen molar-refractivity contribution in [1.29, 1.82) is 0 Å². The molecule has 0 spiro atoms. The van der Waals surface area contributed by atoms with Crippen LogP contribution in [0, 0.1) is 0 Å². The predicted octanol–water partition coefficient (Wildman–Crippen LogP) is 1.43. The van der Waals surface area contributed by atoms with E-state index in [0.29, 0.717) is 0 Å². The SMILES string of the molecule is [Li][c]1ccc(CCC)cc1. The maximum atomic E-state index is 2.21. The summed E-state index contributed by atoms with van der Waals surface area (Å²) in [6, 6.07) is 8.76. The molecule has 0 saturated carbocycles. The first-order valence-electron chi connectivity index (χ1n) is 3.88. The molecule has 0 aromatic heterocycles. The normalized spacial score (nSPS) is 9.90. The van der Waals surface area contributed by atoms with Crippen molar-refractivity contribution in [2.24, 2.45) is 0 Å². The standard InChI is InChI=1S/C9H11.Li/c1-2-6-9-7-4-3-5-8-9;/h4-5,7-8H,2,6H2,1H3;. The first kappa shape index (κ1) is 7.92. The summed E-state index contributed by atoms with van der Waals surface area (Å²) in [6.07, 6.45) is 2.45. The second-order valence-corrected chi connectivity index (χ2v) is 2.74. The van der Waals surface area contributed by atoms with E-state index in [-0.39, 0.29) is 0 Å². The van der Waals surface area contributed by atoms with E-state index >= 15 is 0 Å². The molecule has 0 amide bonds. The van der Waals surface area contributed by atoms with Crippen LogP contribution in [-0.2, 0) is 6.42 Å². The van der Waals surface area contributed by atoms with Crippen LogP contribution in [0.3, 0.4) is 0 Å². The Hall–Kier alpha value is -0.183. The van der Waals surface area contributed by atoms with Gasteiger partial charge in [0.25, 0.3) is 0 Å². The van der Waals surface area contributed by atoms with Crippen molar-refractivity contribution < 1.29 is 0 Å². The van der Waals surface area contributed by atoms with E-state index in [1.807, 2.05) is 0 Å². The molecule has 0 aliphatic heterocycles. The van der Waals surface area contributed by atoms with Crippen LogP contribution in [0.5, 0.6) is 0 Å². The summed E-state index contributed by atoms with van der Waals surface area (Å²) >= 11 is 2.12. The molecule has 0 fully saturated rings. The van der Waals surface area contributed by atoms with Crippen molar-refractivity contribution >= 4 is 22.0 Å². The third-order valence-corrected chi connectivity index (χ3v) is 1.66. The molecule has 1 aromatic carbocycles. The molecule has 0 aliphatic rings. The Kier molecular flexibility index (Phi) is 3.06. The van der Waals surface area contributed by atoms with Crippen LogP contribution < -0.4 is 4.24 Å². The van der Waals surface area contributed by atoms with Crippen LogP contribution in [0.4, 0.5) is 0 Å². The molecule has 0 aliphatic carbocycles. The van der Waals surface area contributed by atoms with Gasteiger partial charge in [-0.25, -0.2) is 0 Å². The summed E-state index contributed by atoms with van der Waals surface area (Å²) in [4.78, 5) is 0. The van der Waals surface area contributed by atoms with Gasteiger partial charge in [0.05, 0.1) is 0 Å². The van der Waals surface area contributed by atoms with Gasteiger partial charge in [0, 0.05) is 0 Å². The predicted molar refractivity (Wildman–Crippen MR) is 45.8 cm³/mol. The quantitative estimate of drug-likeness (QED) is 0.526. The molecule has 0 nitrogen and oxygen atoms in total. The van der Waals surface area contributed by atoms with Crippen LogP contribution in [0.25, 0.3) is 0 Å². The number of aryl methyl sites for hydroxylation is 1. The van der Waals surface area contributed by atoms with E-state index in [1.165, 1.54) is 22.6 Å². The number of benzene rings is 1. The van der Waals surface area contributed by atoms with Crippen molar-refractivity contribution in [1.82, 2.24) is 0 Å². The van der Waals surface area contributed by atoms with Gasteiger partial charge in [0.15, 0.2) is 0 Å². The van der Waals surface area contributed by atoms with Crippen LogP contribution >= 0.6 is 0 Å². The van der Waals surface area contributed by atoms with Gasteiger partial charge in [0.1, 0.15) is 0 Å². The average Bonchev–Trinajstić information content (AvgIpc) is 1.95. The van der Waals surface area contributed by atoms with Crippen molar-refractivity contribution in [2.75, 3.05) is 0 Å². The van der Waals surface area contributed by atoms with E-state index in [9.17, 15) is 0 Å². The Balaban J connectivity index is 2.69. The third kappa shape index (κ3) is 2.21. The first-order valence-corrected chi connectivity index (χ1v) is 3.88. The fourth-order valence-corrected chi connectivity index (χ4v) is 1.04. The monoisotopic (exact) mass is 126 g/mol. The molecule has 0 N–H and O–H groups in total. The maximum absolute atomic E-state index is 2.21. The Morgan fingerprint density at radius 1 is 1.20 bits per heavy atom. The molecular weight excluding hydrogens is 115 g/mol. The van der Waals surface area contributed by atoms with E-state index in [0.717, 1.165) is 0 Å². The number of hydrogen-bond acceptors (Lipinski definition) is 0. The van der Waals surface area contributed by atoms with Gasteiger partial charge in [-0.3, -0.25) is 0 Å². The minimum atomic E-state index is 1.21. The molecule has 10 heavy (non-hydrogen) atoms. The van der Waals surface area contributed by atoms with Crippen LogP contribution in [0.1, 0.15) is 18.9 Å². The van der Waals surface area contributed by atoms with E-state index < -0.39 is 0 Å². The summed E-state index contributed by atoms with van der Waals surface area (Å²) in [5.74, 6) is 0. The molecule has 48 valence electrons. The van der Waals surface area contributed by atoms with Crippen molar-refractivity contribution in [3.63, 3.8) is 0 Å². The Morgan fingerprint density at radius 3 is 2.30 bits per heavy atom. The van der Waals surface area contributed by atoms with Crippen molar-refractivity contribution in [3.05, 3.63) is 29.8 Å². The molecule has 1 heteroatoms. The third-order valence-electron chi connectivity index (χ3n) is 1.66. The molecule has 0 bridgehead atoms. The van der Waals surface area contributed by atoms with Crippen LogP contribution in [-0.4, -0.2) is 17.7 Å². The van der Waals surface area contributed by atoms with Crippen LogP contribution in [0.2, 0.25) is 0 Å². The van der Waals surface area contributed by atoms with Gasteiger partial charge in [-0.15, -0.1) is 0 Å². The summed E-state index contributed by atoms with van der Waals surface area (Å²) in [7, 11) is 0. The van der Waals surface area contributed by atoms with Crippen LogP contribution in [0.15, 0.2) is 24.3 Å². The van der Waals surface area contributed by atoms with Gasteiger partial charge in [-0.05, 0) is 0 Å². The topological polar surface area (TPSA) is 0 Å². The molecule has 0 atom stereocenters. The zero-order valence-electron chi connectivity index (χ0n) is 6.72. The summed E-state index contributed by atoms with van der Waals surface area (Å²) in [6.45, 7) is 2.21. The number of rotatable bonds is 2. The van der Waals surface area contributed by atoms with Gasteiger partial charge < -0.3 is 0 Å². The van der Waals surface area contributed by atoms with E-state index in [4.69, 9.17) is 0 Å². The Morgan fingerprint density at radius 2 is 1.80 bits per heavy atom. The fourth-order valence-electron chi connectivity index (χ4n) is 1.04. The molecule has 0 unspecified atom stereocenters. The zero-order valence-corrected chi connectivity index (χ0v) is 6.72. The molecule has 1 rings (SSSR count). The molecule has 0 heterocycles. The summed E-state index contributed by atoms with van der Waals surface area (Å²) in [5, 5.41) is 0. The van der Waals surface area contributed by atoms with Gasteiger partial charge in [0.2, 0.25) is 0 Å². The van der Waals surface area contributed by atoms with Crippen molar-refractivity contribution in [2.45, 2.75) is 19.8 Å². The first-order chi connectivity index (χ1) is 4.83. The summed E-state index contributed by atoms with van der Waals surface area (Å²) in [5.41, 5.74) is 1.45. The van der Waals surface area contributed by atoms with Gasteiger partial charge >= 0.3 is 71.5 Å². The van der Waals surface area contributed by atoms with Gasteiger partial charge in [-0.2, -0.15) is 0 Å². The second-order valence-electron chi connectivity index (χ2n) is 2.74. The fraction of sp³-hybridized carbons (Fsp3) is 0.333. The minimum absolute atomic E-state index is 1.21. The van der Waals surface area contributed by atoms with Crippen molar-refractivity contribution in [3.8, 4) is 0 Å². The van der Waals surface area contributed by atoms with Gasteiger partial charge in [-0.1, -0.05) is 0 Å². The average molecular weight is 126 g/mol. The van der Waals surface area contributed by atoms with E-state index in [2.05, 4.69) is 48.9 Å². The Labute approximate surface area is 71.8 Å². The Bertz CT molecular complexity index is 188. The van der Waals surface area contributed by atoms with E-state index in [1.54, 1.807) is 0 Å². The molecule has 0 radical (unpaired) electrons. The number of hydrogen-bond donors (Lipinski definition) is 0. The molecule has 0 saturated heterocycles. The second kappa shape index (κ2) is 3.86. The zero-order chi connectivity index (χ0) is 7.40. The molecular formula is C9H11Li.